The SMILES string of the molecule is OC(CNCc1ccc(Cl)cc1Cl)(c1ccc(Cl)cc1)c1ccc(Cl)cc1. The Bertz CT molecular complexity index is 865. The van der Waals surface area contributed by atoms with Crippen LogP contribution in [0.3, 0.4) is 0 Å². The smallest absolute Gasteiger partial charge is 0.127 e. The highest BCUT2D eigenvalue weighted by atomic mass is 35.5. The molecule has 0 bridgehead atoms. The second-order valence-corrected chi connectivity index (χ2v) is 7.93. The van der Waals surface area contributed by atoms with E-state index in [0.29, 0.717) is 26.6 Å². The number of rotatable bonds is 6. The molecule has 3 aromatic rings. The molecular formula is C21H17Cl4NO. The van der Waals surface area contributed by atoms with Gasteiger partial charge >= 0.3 is 0 Å². The van der Waals surface area contributed by atoms with Crippen LogP contribution in [0.15, 0.2) is 66.7 Å². The van der Waals surface area contributed by atoms with Gasteiger partial charge in [0, 0.05) is 33.2 Å². The van der Waals surface area contributed by atoms with Gasteiger partial charge in [-0.3, -0.25) is 0 Å². The Balaban J connectivity index is 1.85. The topological polar surface area (TPSA) is 32.3 Å². The quantitative estimate of drug-likeness (QED) is 0.469. The highest BCUT2D eigenvalue weighted by Gasteiger charge is 2.31. The van der Waals surface area contributed by atoms with E-state index in [0.717, 1.165) is 16.7 Å². The van der Waals surface area contributed by atoms with Gasteiger partial charge in [-0.15, -0.1) is 0 Å². The molecule has 3 aromatic carbocycles. The third-order valence-corrected chi connectivity index (χ3v) is 5.45. The fraction of sp³-hybridized carbons (Fsp3) is 0.143. The summed E-state index contributed by atoms with van der Waals surface area (Å²) in [6.07, 6.45) is 0. The van der Waals surface area contributed by atoms with Gasteiger partial charge in [0.2, 0.25) is 0 Å². The molecule has 0 radical (unpaired) electrons. The van der Waals surface area contributed by atoms with Crippen LogP contribution in [-0.2, 0) is 12.1 Å². The minimum atomic E-state index is -1.26. The molecule has 0 aliphatic heterocycles. The number of nitrogens with one attached hydrogen (secondary N) is 1. The number of halogens is 4. The van der Waals surface area contributed by atoms with Crippen molar-refractivity contribution in [2.45, 2.75) is 12.1 Å². The van der Waals surface area contributed by atoms with Crippen LogP contribution < -0.4 is 5.32 Å². The first-order valence-corrected chi connectivity index (χ1v) is 9.79. The fourth-order valence-corrected chi connectivity index (χ4v) is 3.59. The van der Waals surface area contributed by atoms with Crippen molar-refractivity contribution in [1.29, 1.82) is 0 Å². The fourth-order valence-electron chi connectivity index (χ4n) is 2.87. The lowest BCUT2D eigenvalue weighted by molar-refractivity contribution is 0.0796. The Hall–Kier alpha value is -1.26. The zero-order valence-corrected chi connectivity index (χ0v) is 17.2. The zero-order chi connectivity index (χ0) is 19.4. The third kappa shape index (κ3) is 4.97. The maximum atomic E-state index is 11.5. The van der Waals surface area contributed by atoms with Crippen LogP contribution >= 0.6 is 46.4 Å². The first-order valence-electron chi connectivity index (χ1n) is 8.27. The van der Waals surface area contributed by atoms with Gasteiger partial charge in [-0.25, -0.2) is 0 Å². The largest absolute Gasteiger partial charge is 0.379 e. The lowest BCUT2D eigenvalue weighted by atomic mass is 9.86. The highest BCUT2D eigenvalue weighted by molar-refractivity contribution is 6.35. The van der Waals surface area contributed by atoms with Crippen molar-refractivity contribution in [3.63, 3.8) is 0 Å². The molecule has 0 fully saturated rings. The van der Waals surface area contributed by atoms with Crippen molar-refractivity contribution in [2.24, 2.45) is 0 Å². The lowest BCUT2D eigenvalue weighted by Gasteiger charge is -2.30. The van der Waals surface area contributed by atoms with E-state index in [2.05, 4.69) is 5.32 Å². The zero-order valence-electron chi connectivity index (χ0n) is 14.2. The molecule has 2 N–H and O–H groups in total. The van der Waals surface area contributed by atoms with E-state index in [-0.39, 0.29) is 6.54 Å². The maximum Gasteiger partial charge on any atom is 0.127 e. The van der Waals surface area contributed by atoms with Crippen molar-refractivity contribution >= 4 is 46.4 Å². The molecular weight excluding hydrogens is 424 g/mol. The van der Waals surface area contributed by atoms with Gasteiger partial charge in [-0.05, 0) is 53.1 Å². The first-order chi connectivity index (χ1) is 12.9. The van der Waals surface area contributed by atoms with Gasteiger partial charge in [0.15, 0.2) is 0 Å². The molecule has 0 heterocycles. The summed E-state index contributed by atoms with van der Waals surface area (Å²) in [5.41, 5.74) is 1.09. The third-order valence-electron chi connectivity index (χ3n) is 4.35. The maximum absolute atomic E-state index is 11.5. The molecule has 27 heavy (non-hydrogen) atoms. The van der Waals surface area contributed by atoms with Crippen LogP contribution in [0, 0.1) is 0 Å². The number of hydrogen-bond donors (Lipinski definition) is 2. The lowest BCUT2D eigenvalue weighted by Crippen LogP contribution is -2.39. The van der Waals surface area contributed by atoms with Crippen LogP contribution in [0.1, 0.15) is 16.7 Å². The predicted octanol–water partition coefficient (Wildman–Crippen LogP) is 6.33. The minimum Gasteiger partial charge on any atom is -0.379 e. The van der Waals surface area contributed by atoms with Crippen LogP contribution in [-0.4, -0.2) is 11.7 Å². The van der Waals surface area contributed by atoms with Gasteiger partial charge < -0.3 is 10.4 Å². The number of benzene rings is 3. The van der Waals surface area contributed by atoms with Crippen LogP contribution in [0.25, 0.3) is 0 Å². The van der Waals surface area contributed by atoms with E-state index >= 15 is 0 Å². The van der Waals surface area contributed by atoms with Gasteiger partial charge in [-0.2, -0.15) is 0 Å². The summed E-state index contributed by atoms with van der Waals surface area (Å²) in [7, 11) is 0. The van der Waals surface area contributed by atoms with E-state index in [1.54, 1.807) is 36.4 Å². The monoisotopic (exact) mass is 439 g/mol. The second kappa shape index (κ2) is 8.83. The molecule has 6 heteroatoms. The number of aliphatic hydroxyl groups is 1. The molecule has 0 amide bonds. The Kier molecular flexibility index (Phi) is 6.69. The summed E-state index contributed by atoms with van der Waals surface area (Å²) in [5.74, 6) is 0. The van der Waals surface area contributed by atoms with Crippen LogP contribution in [0.4, 0.5) is 0 Å². The molecule has 0 aromatic heterocycles. The van der Waals surface area contributed by atoms with E-state index in [9.17, 15) is 5.11 Å². The first kappa shape index (κ1) is 20.5. The average Bonchev–Trinajstić information content (AvgIpc) is 2.64. The molecule has 0 saturated carbocycles. The van der Waals surface area contributed by atoms with Gasteiger partial charge in [0.1, 0.15) is 5.60 Å². The van der Waals surface area contributed by atoms with Crippen LogP contribution in [0.5, 0.6) is 0 Å². The summed E-state index contributed by atoms with van der Waals surface area (Å²) >= 11 is 24.2. The summed E-state index contributed by atoms with van der Waals surface area (Å²) < 4.78 is 0. The van der Waals surface area contributed by atoms with Crippen LogP contribution in [0.2, 0.25) is 20.1 Å². The van der Waals surface area contributed by atoms with E-state index in [4.69, 9.17) is 46.4 Å². The highest BCUT2D eigenvalue weighted by Crippen LogP contribution is 2.31. The molecule has 0 unspecified atom stereocenters. The molecule has 140 valence electrons. The Labute approximate surface area is 178 Å². The van der Waals surface area contributed by atoms with E-state index in [1.807, 2.05) is 30.3 Å². The summed E-state index contributed by atoms with van der Waals surface area (Å²) in [6, 6.07) is 19.6. The van der Waals surface area contributed by atoms with Gasteiger partial charge in [0.05, 0.1) is 0 Å². The molecule has 0 spiro atoms. The minimum absolute atomic E-state index is 0.273. The van der Waals surface area contributed by atoms with E-state index < -0.39 is 5.60 Å². The molecule has 0 saturated heterocycles. The molecule has 0 aliphatic carbocycles. The standard InChI is InChI=1S/C21H17Cl4NO/c22-17-7-2-15(3-8-17)21(27,16-4-9-18(23)10-5-16)13-26-12-14-1-6-19(24)11-20(14)25/h1-11,26-27H,12-13H2. The summed E-state index contributed by atoms with van der Waals surface area (Å²) in [4.78, 5) is 0. The van der Waals surface area contributed by atoms with Crippen molar-refractivity contribution < 1.29 is 5.11 Å². The normalized spacial score (nSPS) is 11.6. The Morgan fingerprint density at radius 1 is 0.704 bits per heavy atom. The summed E-state index contributed by atoms with van der Waals surface area (Å²) in [6.45, 7) is 0.759. The van der Waals surface area contributed by atoms with Crippen molar-refractivity contribution in [1.82, 2.24) is 5.32 Å². The predicted molar refractivity (Wildman–Crippen MR) is 114 cm³/mol. The van der Waals surface area contributed by atoms with Crippen molar-refractivity contribution in [2.75, 3.05) is 6.54 Å². The molecule has 0 atom stereocenters. The van der Waals surface area contributed by atoms with Crippen molar-refractivity contribution in [3.05, 3.63) is 104 Å². The number of hydrogen-bond acceptors (Lipinski definition) is 2. The van der Waals surface area contributed by atoms with E-state index in [1.165, 1.54) is 0 Å². The Morgan fingerprint density at radius 3 is 1.67 bits per heavy atom. The van der Waals surface area contributed by atoms with Gasteiger partial charge in [-0.1, -0.05) is 76.7 Å². The molecule has 2 nitrogen and oxygen atoms in total. The molecule has 0 aliphatic rings. The summed E-state index contributed by atoms with van der Waals surface area (Å²) in [5, 5.41) is 17.2. The van der Waals surface area contributed by atoms with Gasteiger partial charge in [0.25, 0.3) is 0 Å². The molecule has 3 rings (SSSR count). The second-order valence-electron chi connectivity index (χ2n) is 6.21. The average molecular weight is 441 g/mol. The Morgan fingerprint density at radius 2 is 1.19 bits per heavy atom. The van der Waals surface area contributed by atoms with Crippen molar-refractivity contribution in [3.8, 4) is 0 Å².